The molecule has 2 aromatic carbocycles. The number of rotatable bonds is 7. The molecule has 0 saturated heterocycles. The molecule has 0 aliphatic rings. The molecule has 0 spiro atoms. The summed E-state index contributed by atoms with van der Waals surface area (Å²) in [6.45, 7) is 2.09. The Balaban J connectivity index is 1.93. The molecule has 0 saturated carbocycles. The number of carbonyl (C=O) groups is 2. The molecule has 0 radical (unpaired) electrons. The van der Waals surface area contributed by atoms with Gasteiger partial charge in [0.25, 0.3) is 5.91 Å². The van der Waals surface area contributed by atoms with Gasteiger partial charge in [-0.3, -0.25) is 14.9 Å². The fourth-order valence-electron chi connectivity index (χ4n) is 2.44. The average Bonchev–Trinajstić information content (AvgIpc) is 2.61. The van der Waals surface area contributed by atoms with E-state index < -0.39 is 5.91 Å². The van der Waals surface area contributed by atoms with Crippen molar-refractivity contribution < 1.29 is 9.59 Å². The minimum absolute atomic E-state index is 0.0288. The number of halogens is 2. The highest BCUT2D eigenvalue weighted by Crippen LogP contribution is 2.21. The van der Waals surface area contributed by atoms with Crippen molar-refractivity contribution in [2.45, 2.75) is 32.6 Å². The number of anilines is 2. The van der Waals surface area contributed by atoms with Crippen LogP contribution >= 0.6 is 35.4 Å². The van der Waals surface area contributed by atoms with Crippen LogP contribution in [0.4, 0.5) is 11.4 Å². The number of benzene rings is 2. The van der Waals surface area contributed by atoms with Crippen LogP contribution in [-0.4, -0.2) is 16.9 Å². The molecule has 0 aliphatic carbocycles. The molecule has 2 rings (SSSR count). The van der Waals surface area contributed by atoms with Gasteiger partial charge < -0.3 is 10.6 Å². The summed E-state index contributed by atoms with van der Waals surface area (Å²) in [4.78, 5) is 24.2. The molecule has 0 fully saturated rings. The van der Waals surface area contributed by atoms with Crippen LogP contribution < -0.4 is 16.0 Å². The highest BCUT2D eigenvalue weighted by Gasteiger charge is 2.12. The minimum atomic E-state index is -0.445. The Kier molecular flexibility index (Phi) is 8.70. The molecule has 0 unspecified atom stereocenters. The van der Waals surface area contributed by atoms with Crippen molar-refractivity contribution in [1.82, 2.24) is 5.32 Å². The Hall–Kier alpha value is -2.15. The van der Waals surface area contributed by atoms with Gasteiger partial charge in [0.05, 0.1) is 10.6 Å². The standard InChI is InChI=1S/C20H21Cl2N3O2S/c1-2-3-4-8-18(26)23-14-6-5-7-15(12-14)24-20(28)25-19(27)16-10-9-13(21)11-17(16)22/h5-7,9-12H,2-4,8H2,1H3,(H,23,26)(H2,24,25,27,28). The first-order chi connectivity index (χ1) is 13.4. The maximum Gasteiger partial charge on any atom is 0.258 e. The number of hydrogen-bond donors (Lipinski definition) is 3. The fraction of sp³-hybridized carbons (Fsp3) is 0.250. The molecule has 0 heterocycles. The van der Waals surface area contributed by atoms with E-state index in [9.17, 15) is 9.59 Å². The van der Waals surface area contributed by atoms with Crippen LogP contribution in [0.2, 0.25) is 10.0 Å². The maximum absolute atomic E-state index is 12.3. The first kappa shape index (κ1) is 22.1. The molecule has 148 valence electrons. The van der Waals surface area contributed by atoms with Gasteiger partial charge in [0.15, 0.2) is 5.11 Å². The summed E-state index contributed by atoms with van der Waals surface area (Å²) in [6, 6.07) is 11.7. The average molecular weight is 438 g/mol. The maximum atomic E-state index is 12.3. The zero-order valence-electron chi connectivity index (χ0n) is 15.4. The van der Waals surface area contributed by atoms with Gasteiger partial charge in [0.2, 0.25) is 5.91 Å². The van der Waals surface area contributed by atoms with E-state index in [-0.39, 0.29) is 21.6 Å². The second-order valence-electron chi connectivity index (χ2n) is 6.12. The predicted octanol–water partition coefficient (Wildman–Crippen LogP) is 5.64. The summed E-state index contributed by atoms with van der Waals surface area (Å²) >= 11 is 17.1. The van der Waals surface area contributed by atoms with E-state index in [1.165, 1.54) is 12.1 Å². The lowest BCUT2D eigenvalue weighted by Crippen LogP contribution is -2.34. The van der Waals surface area contributed by atoms with E-state index in [2.05, 4.69) is 22.9 Å². The van der Waals surface area contributed by atoms with Crippen LogP contribution in [0.3, 0.4) is 0 Å². The van der Waals surface area contributed by atoms with Gasteiger partial charge in [-0.1, -0.05) is 49.0 Å². The normalized spacial score (nSPS) is 10.2. The van der Waals surface area contributed by atoms with E-state index in [0.717, 1.165) is 19.3 Å². The second kappa shape index (κ2) is 11.0. The largest absolute Gasteiger partial charge is 0.332 e. The van der Waals surface area contributed by atoms with E-state index in [4.69, 9.17) is 35.4 Å². The number of nitrogens with one attached hydrogen (secondary N) is 3. The van der Waals surface area contributed by atoms with Crippen LogP contribution in [0.15, 0.2) is 42.5 Å². The zero-order valence-corrected chi connectivity index (χ0v) is 17.7. The molecule has 0 aromatic heterocycles. The van der Waals surface area contributed by atoms with Crippen LogP contribution in [-0.2, 0) is 4.79 Å². The molecular weight excluding hydrogens is 417 g/mol. The quantitative estimate of drug-likeness (QED) is 0.387. The van der Waals surface area contributed by atoms with Crippen molar-refractivity contribution in [2.24, 2.45) is 0 Å². The summed E-state index contributed by atoms with van der Waals surface area (Å²) in [5, 5.41) is 9.13. The zero-order chi connectivity index (χ0) is 20.5. The highest BCUT2D eigenvalue weighted by atomic mass is 35.5. The van der Waals surface area contributed by atoms with E-state index in [0.29, 0.717) is 22.8 Å². The van der Waals surface area contributed by atoms with Gasteiger partial charge in [0.1, 0.15) is 0 Å². The molecule has 0 bridgehead atoms. The van der Waals surface area contributed by atoms with Crippen LogP contribution in [0.25, 0.3) is 0 Å². The van der Waals surface area contributed by atoms with Crippen molar-refractivity contribution in [3.8, 4) is 0 Å². The summed E-state index contributed by atoms with van der Waals surface area (Å²) in [6.07, 6.45) is 3.45. The van der Waals surface area contributed by atoms with Crippen LogP contribution in [0, 0.1) is 0 Å². The Bertz CT molecular complexity index is 874. The summed E-state index contributed by atoms with van der Waals surface area (Å²) < 4.78 is 0. The van der Waals surface area contributed by atoms with Crippen molar-refractivity contribution in [3.05, 3.63) is 58.1 Å². The molecular formula is C20H21Cl2N3O2S. The first-order valence-corrected chi connectivity index (χ1v) is 10.0. The lowest BCUT2D eigenvalue weighted by Gasteiger charge is -2.12. The molecule has 5 nitrogen and oxygen atoms in total. The predicted molar refractivity (Wildman–Crippen MR) is 119 cm³/mol. The van der Waals surface area contributed by atoms with Crippen LogP contribution in [0.1, 0.15) is 43.0 Å². The summed E-state index contributed by atoms with van der Waals surface area (Å²) in [7, 11) is 0. The van der Waals surface area contributed by atoms with Crippen LogP contribution in [0.5, 0.6) is 0 Å². The molecule has 3 N–H and O–H groups in total. The topological polar surface area (TPSA) is 70.2 Å². The fourth-order valence-corrected chi connectivity index (χ4v) is 3.15. The number of hydrogen-bond acceptors (Lipinski definition) is 3. The SMILES string of the molecule is CCCCCC(=O)Nc1cccc(NC(=S)NC(=O)c2ccc(Cl)cc2Cl)c1. The highest BCUT2D eigenvalue weighted by molar-refractivity contribution is 7.80. The van der Waals surface area contributed by atoms with Gasteiger partial charge in [-0.2, -0.15) is 0 Å². The molecule has 0 aliphatic heterocycles. The molecule has 2 aromatic rings. The molecule has 2 amide bonds. The Morgan fingerprint density at radius 3 is 2.39 bits per heavy atom. The molecule has 28 heavy (non-hydrogen) atoms. The summed E-state index contributed by atoms with van der Waals surface area (Å²) in [5.74, 6) is -0.474. The lowest BCUT2D eigenvalue weighted by atomic mass is 10.2. The monoisotopic (exact) mass is 437 g/mol. The third kappa shape index (κ3) is 7.11. The number of amides is 2. The van der Waals surface area contributed by atoms with Gasteiger partial charge in [0, 0.05) is 22.8 Å². The Morgan fingerprint density at radius 1 is 1.00 bits per heavy atom. The lowest BCUT2D eigenvalue weighted by molar-refractivity contribution is -0.116. The Morgan fingerprint density at radius 2 is 1.71 bits per heavy atom. The summed E-state index contributed by atoms with van der Waals surface area (Å²) in [5.41, 5.74) is 1.56. The third-order valence-electron chi connectivity index (χ3n) is 3.81. The van der Waals surface area contributed by atoms with Crippen molar-refractivity contribution in [2.75, 3.05) is 10.6 Å². The Labute approximate surface area is 179 Å². The number of unbranched alkanes of at least 4 members (excludes halogenated alkanes) is 2. The van der Waals surface area contributed by atoms with E-state index in [1.54, 1.807) is 30.3 Å². The molecule has 8 heteroatoms. The van der Waals surface area contributed by atoms with Crippen molar-refractivity contribution in [3.63, 3.8) is 0 Å². The van der Waals surface area contributed by atoms with Gasteiger partial charge >= 0.3 is 0 Å². The smallest absolute Gasteiger partial charge is 0.258 e. The number of thiocarbonyl (C=S) groups is 1. The second-order valence-corrected chi connectivity index (χ2v) is 7.37. The van der Waals surface area contributed by atoms with Gasteiger partial charge in [-0.15, -0.1) is 0 Å². The minimum Gasteiger partial charge on any atom is -0.332 e. The van der Waals surface area contributed by atoms with Gasteiger partial charge in [-0.25, -0.2) is 0 Å². The third-order valence-corrected chi connectivity index (χ3v) is 4.57. The van der Waals surface area contributed by atoms with E-state index in [1.807, 2.05) is 0 Å². The van der Waals surface area contributed by atoms with Crippen molar-refractivity contribution >= 4 is 63.7 Å². The molecule has 0 atom stereocenters. The first-order valence-electron chi connectivity index (χ1n) is 8.86. The van der Waals surface area contributed by atoms with Crippen molar-refractivity contribution in [1.29, 1.82) is 0 Å². The van der Waals surface area contributed by atoms with Gasteiger partial charge in [-0.05, 0) is 55.0 Å². The number of carbonyl (C=O) groups excluding carboxylic acids is 2. The van der Waals surface area contributed by atoms with E-state index >= 15 is 0 Å².